The third-order valence-electron chi connectivity index (χ3n) is 3.89. The van der Waals surface area contributed by atoms with Crippen LogP contribution in [-0.2, 0) is 13.5 Å². The number of rotatable bonds is 3. The predicted molar refractivity (Wildman–Crippen MR) is 78.3 cm³/mol. The van der Waals surface area contributed by atoms with Gasteiger partial charge in [-0.3, -0.25) is 9.67 Å². The molecule has 1 aromatic heterocycles. The number of hydrogen-bond donors (Lipinski definition) is 1. The molecular formula is C13H21N5S. The van der Waals surface area contributed by atoms with Gasteiger partial charge in [-0.2, -0.15) is 5.10 Å². The molecule has 5 nitrogen and oxygen atoms in total. The van der Waals surface area contributed by atoms with E-state index in [0.717, 1.165) is 29.9 Å². The summed E-state index contributed by atoms with van der Waals surface area (Å²) in [4.78, 5) is 8.88. The lowest BCUT2D eigenvalue weighted by molar-refractivity contribution is 0.311. The lowest BCUT2D eigenvalue weighted by Crippen LogP contribution is -2.46. The van der Waals surface area contributed by atoms with Gasteiger partial charge < -0.3 is 5.32 Å². The van der Waals surface area contributed by atoms with E-state index in [9.17, 15) is 0 Å². The standard InChI is InChI=1S/C13H21N5S/c1-18-9-15-12(17-18)6-7-14-13-16-11-5-3-2-4-10(11)8-19-13/h9-11H,2-8H2,1H3,(H,14,16). The van der Waals surface area contributed by atoms with Crippen LogP contribution >= 0.6 is 11.8 Å². The molecule has 1 aromatic rings. The average Bonchev–Trinajstić information content (AvgIpc) is 2.84. The first-order valence-corrected chi connectivity index (χ1v) is 8.08. The van der Waals surface area contributed by atoms with Gasteiger partial charge in [0.05, 0.1) is 0 Å². The Kier molecular flexibility index (Phi) is 4.06. The first kappa shape index (κ1) is 13.0. The van der Waals surface area contributed by atoms with E-state index in [-0.39, 0.29) is 0 Å². The number of thioether (sulfide) groups is 1. The summed E-state index contributed by atoms with van der Waals surface area (Å²) in [6.45, 7) is 0.775. The quantitative estimate of drug-likeness (QED) is 0.913. The molecule has 1 N–H and O–H groups in total. The molecule has 1 saturated heterocycles. The van der Waals surface area contributed by atoms with Gasteiger partial charge in [-0.25, -0.2) is 4.98 Å². The number of fused-ring (bicyclic) bond motifs is 1. The molecular weight excluding hydrogens is 258 g/mol. The minimum Gasteiger partial charge on any atom is -0.362 e. The molecule has 2 atom stereocenters. The third kappa shape index (κ3) is 3.29. The Bertz CT molecular complexity index is 456. The highest BCUT2D eigenvalue weighted by atomic mass is 32.2. The zero-order valence-electron chi connectivity index (χ0n) is 11.4. The summed E-state index contributed by atoms with van der Waals surface area (Å²) in [6, 6.07) is 0.668. The molecule has 2 heterocycles. The number of nitrogens with zero attached hydrogens (tertiary/aromatic N) is 4. The van der Waals surface area contributed by atoms with Crippen molar-refractivity contribution in [3.05, 3.63) is 12.2 Å². The molecule has 104 valence electrons. The zero-order valence-corrected chi connectivity index (χ0v) is 12.2. The molecule has 2 aliphatic rings. The van der Waals surface area contributed by atoms with Crippen LogP contribution in [0, 0.1) is 5.92 Å². The molecule has 0 bridgehead atoms. The minimum atomic E-state index is 0.668. The molecule has 1 saturated carbocycles. The lowest BCUT2D eigenvalue weighted by Gasteiger charge is -2.36. The minimum absolute atomic E-state index is 0.668. The maximum absolute atomic E-state index is 4.66. The summed E-state index contributed by atoms with van der Waals surface area (Å²) in [5, 5.41) is 9.01. The fourth-order valence-corrected chi connectivity index (χ4v) is 4.02. The van der Waals surface area contributed by atoms with Crippen molar-refractivity contribution >= 4 is 16.9 Å². The highest BCUT2D eigenvalue weighted by molar-refractivity contribution is 8.13. The highest BCUT2D eigenvalue weighted by Gasteiger charge is 2.29. The number of amidine groups is 1. The smallest absolute Gasteiger partial charge is 0.156 e. The van der Waals surface area contributed by atoms with Gasteiger partial charge in [0.1, 0.15) is 6.33 Å². The van der Waals surface area contributed by atoms with Crippen LogP contribution in [0.4, 0.5) is 0 Å². The number of aryl methyl sites for hydroxylation is 1. The molecule has 1 aliphatic carbocycles. The second-order valence-corrected chi connectivity index (χ2v) is 6.39. The molecule has 1 aliphatic heterocycles. The van der Waals surface area contributed by atoms with Gasteiger partial charge >= 0.3 is 0 Å². The summed E-state index contributed by atoms with van der Waals surface area (Å²) in [5.74, 6) is 2.97. The second kappa shape index (κ2) is 5.94. The van der Waals surface area contributed by atoms with Crippen LogP contribution in [0.1, 0.15) is 31.5 Å². The van der Waals surface area contributed by atoms with E-state index in [2.05, 4.69) is 20.4 Å². The fourth-order valence-electron chi connectivity index (χ4n) is 2.83. The Morgan fingerprint density at radius 3 is 3.21 bits per heavy atom. The van der Waals surface area contributed by atoms with E-state index in [1.54, 1.807) is 11.0 Å². The Morgan fingerprint density at radius 1 is 1.47 bits per heavy atom. The summed E-state index contributed by atoms with van der Waals surface area (Å²) >= 11 is 1.88. The van der Waals surface area contributed by atoms with E-state index < -0.39 is 0 Å². The molecule has 6 heteroatoms. The van der Waals surface area contributed by atoms with Crippen LogP contribution in [0.25, 0.3) is 0 Å². The van der Waals surface area contributed by atoms with Crippen molar-refractivity contribution in [2.45, 2.75) is 38.1 Å². The third-order valence-corrected chi connectivity index (χ3v) is 5.01. The number of nitrogens with one attached hydrogen (secondary N) is 1. The lowest BCUT2D eigenvalue weighted by atomic mass is 9.86. The van der Waals surface area contributed by atoms with Crippen LogP contribution in [0.15, 0.2) is 11.3 Å². The van der Waals surface area contributed by atoms with Crippen molar-refractivity contribution in [1.82, 2.24) is 20.1 Å². The normalized spacial score (nSPS) is 29.0. The van der Waals surface area contributed by atoms with Gasteiger partial charge in [-0.15, -0.1) is 0 Å². The monoisotopic (exact) mass is 279 g/mol. The Morgan fingerprint density at radius 2 is 2.37 bits per heavy atom. The van der Waals surface area contributed by atoms with Crippen molar-refractivity contribution in [3.8, 4) is 0 Å². The fraction of sp³-hybridized carbons (Fsp3) is 0.769. The Hall–Kier alpha value is -1.04. The first-order chi connectivity index (χ1) is 9.31. The van der Waals surface area contributed by atoms with Crippen molar-refractivity contribution in [2.75, 3.05) is 12.3 Å². The molecule has 0 radical (unpaired) electrons. The first-order valence-electron chi connectivity index (χ1n) is 7.09. The van der Waals surface area contributed by atoms with E-state index in [4.69, 9.17) is 0 Å². The molecule has 2 fully saturated rings. The van der Waals surface area contributed by atoms with Crippen LogP contribution in [0.3, 0.4) is 0 Å². The number of hydrogen-bond acceptors (Lipinski definition) is 4. The maximum Gasteiger partial charge on any atom is 0.156 e. The summed E-state index contributed by atoms with van der Waals surface area (Å²) in [5.41, 5.74) is 0. The summed E-state index contributed by atoms with van der Waals surface area (Å²) in [6.07, 6.45) is 8.02. The van der Waals surface area contributed by atoms with E-state index in [1.165, 1.54) is 31.4 Å². The largest absolute Gasteiger partial charge is 0.362 e. The van der Waals surface area contributed by atoms with Crippen molar-refractivity contribution in [1.29, 1.82) is 0 Å². The zero-order chi connectivity index (χ0) is 13.1. The van der Waals surface area contributed by atoms with Crippen LogP contribution in [0.5, 0.6) is 0 Å². The molecule has 19 heavy (non-hydrogen) atoms. The summed E-state index contributed by atoms with van der Waals surface area (Å²) in [7, 11) is 1.89. The van der Waals surface area contributed by atoms with Crippen LogP contribution in [-0.4, -0.2) is 38.3 Å². The number of aromatic nitrogens is 3. The summed E-state index contributed by atoms with van der Waals surface area (Å²) < 4.78 is 1.74. The van der Waals surface area contributed by atoms with Gasteiger partial charge in [-0.1, -0.05) is 24.6 Å². The Balaban J connectivity index is 1.50. The van der Waals surface area contributed by atoms with Gasteiger partial charge in [0.25, 0.3) is 0 Å². The van der Waals surface area contributed by atoms with Crippen LogP contribution < -0.4 is 5.32 Å². The van der Waals surface area contributed by atoms with E-state index in [0.29, 0.717) is 6.04 Å². The van der Waals surface area contributed by atoms with Crippen molar-refractivity contribution < 1.29 is 0 Å². The number of aliphatic imine (C=N–C) groups is 1. The van der Waals surface area contributed by atoms with Gasteiger partial charge in [0.15, 0.2) is 11.0 Å². The van der Waals surface area contributed by atoms with Gasteiger partial charge in [0, 0.05) is 31.8 Å². The maximum atomic E-state index is 4.66. The SMILES string of the molecule is Cn1cnc(CCN=C2NC3CCCCC3CS2)n1. The molecule has 0 aromatic carbocycles. The van der Waals surface area contributed by atoms with Crippen molar-refractivity contribution in [2.24, 2.45) is 18.0 Å². The molecule has 0 amide bonds. The molecule has 2 unspecified atom stereocenters. The molecule has 3 rings (SSSR count). The second-order valence-electron chi connectivity index (χ2n) is 5.38. The molecule has 0 spiro atoms. The van der Waals surface area contributed by atoms with Gasteiger partial charge in [-0.05, 0) is 18.8 Å². The highest BCUT2D eigenvalue weighted by Crippen LogP contribution is 2.31. The average molecular weight is 279 g/mol. The van der Waals surface area contributed by atoms with Crippen molar-refractivity contribution in [3.63, 3.8) is 0 Å². The predicted octanol–water partition coefficient (Wildman–Crippen LogP) is 1.61. The topological polar surface area (TPSA) is 55.1 Å². The van der Waals surface area contributed by atoms with E-state index >= 15 is 0 Å². The van der Waals surface area contributed by atoms with Gasteiger partial charge in [0.2, 0.25) is 0 Å². The van der Waals surface area contributed by atoms with E-state index in [1.807, 2.05) is 18.8 Å². The van der Waals surface area contributed by atoms with Crippen LogP contribution in [0.2, 0.25) is 0 Å². The Labute approximate surface area is 118 Å².